The highest BCUT2D eigenvalue weighted by atomic mass is 32.1. The number of nitrogens with one attached hydrogen (secondary N) is 1. The first-order valence-corrected chi connectivity index (χ1v) is 7.72. The third-order valence-electron chi connectivity index (χ3n) is 3.49. The fourth-order valence-electron chi connectivity index (χ4n) is 2.51. The number of aliphatic carboxylic acids is 1. The number of amides is 2. The van der Waals surface area contributed by atoms with Gasteiger partial charge in [-0.1, -0.05) is 6.07 Å². The van der Waals surface area contributed by atoms with E-state index in [1.807, 2.05) is 18.4 Å². The van der Waals surface area contributed by atoms with Crippen LogP contribution in [0.4, 0.5) is 4.79 Å². The molecule has 1 aliphatic rings. The SMILES string of the molecule is CC(Cc1cccs1)NC(=O)N1CCC(CC(=O)O)C1. The lowest BCUT2D eigenvalue weighted by Gasteiger charge is -2.20. The Bertz CT molecular complexity index is 461. The molecule has 0 spiro atoms. The van der Waals surface area contributed by atoms with Crippen LogP contribution in [0.25, 0.3) is 0 Å². The molecular weight excluding hydrogens is 276 g/mol. The molecular formula is C14H20N2O3S. The molecule has 0 radical (unpaired) electrons. The summed E-state index contributed by atoms with van der Waals surface area (Å²) in [6, 6.07) is 4.07. The molecule has 1 aromatic rings. The highest BCUT2D eigenvalue weighted by Crippen LogP contribution is 2.19. The second kappa shape index (κ2) is 6.74. The lowest BCUT2D eigenvalue weighted by atomic mass is 10.1. The van der Waals surface area contributed by atoms with Crippen molar-refractivity contribution in [2.75, 3.05) is 13.1 Å². The maximum Gasteiger partial charge on any atom is 0.317 e. The summed E-state index contributed by atoms with van der Waals surface area (Å²) in [5.74, 6) is -0.700. The van der Waals surface area contributed by atoms with Gasteiger partial charge in [0, 0.05) is 36.9 Å². The van der Waals surface area contributed by atoms with Crippen molar-refractivity contribution in [3.8, 4) is 0 Å². The number of carbonyl (C=O) groups is 2. The second-order valence-corrected chi connectivity index (χ2v) is 6.36. The van der Waals surface area contributed by atoms with Crippen LogP contribution < -0.4 is 5.32 Å². The van der Waals surface area contributed by atoms with Gasteiger partial charge < -0.3 is 15.3 Å². The minimum Gasteiger partial charge on any atom is -0.481 e. The van der Waals surface area contributed by atoms with Crippen molar-refractivity contribution in [1.82, 2.24) is 10.2 Å². The Balaban J connectivity index is 1.76. The van der Waals surface area contributed by atoms with Crippen LogP contribution in [0.15, 0.2) is 17.5 Å². The molecule has 0 aromatic carbocycles. The predicted molar refractivity (Wildman–Crippen MR) is 77.9 cm³/mol. The standard InChI is InChI=1S/C14H20N2O3S/c1-10(7-12-3-2-6-20-12)15-14(19)16-5-4-11(9-16)8-13(17)18/h2-3,6,10-11H,4-5,7-9H2,1H3,(H,15,19)(H,17,18). The number of rotatable bonds is 5. The first-order valence-electron chi connectivity index (χ1n) is 6.84. The van der Waals surface area contributed by atoms with Crippen molar-refractivity contribution in [3.05, 3.63) is 22.4 Å². The van der Waals surface area contributed by atoms with Gasteiger partial charge in [0.15, 0.2) is 0 Å². The average Bonchev–Trinajstić information content (AvgIpc) is 2.99. The number of carboxylic acid groups (broad SMARTS) is 1. The summed E-state index contributed by atoms with van der Waals surface area (Å²) in [7, 11) is 0. The Kier molecular flexibility index (Phi) is 5.00. The Morgan fingerprint density at radius 1 is 1.60 bits per heavy atom. The molecule has 2 atom stereocenters. The molecule has 1 saturated heterocycles. The summed E-state index contributed by atoms with van der Waals surface area (Å²) >= 11 is 1.69. The molecule has 6 heteroatoms. The van der Waals surface area contributed by atoms with E-state index in [0.717, 1.165) is 12.8 Å². The van der Waals surface area contributed by atoms with Crippen molar-refractivity contribution >= 4 is 23.3 Å². The van der Waals surface area contributed by atoms with Gasteiger partial charge in [0.25, 0.3) is 0 Å². The summed E-state index contributed by atoms with van der Waals surface area (Å²) in [5.41, 5.74) is 0. The van der Waals surface area contributed by atoms with Crippen molar-refractivity contribution in [1.29, 1.82) is 0 Å². The zero-order valence-electron chi connectivity index (χ0n) is 11.5. The van der Waals surface area contributed by atoms with Crippen molar-refractivity contribution in [2.24, 2.45) is 5.92 Å². The molecule has 2 N–H and O–H groups in total. The number of thiophene rings is 1. The van der Waals surface area contributed by atoms with Gasteiger partial charge in [0.1, 0.15) is 0 Å². The first kappa shape index (κ1) is 14.8. The quantitative estimate of drug-likeness (QED) is 0.875. The largest absolute Gasteiger partial charge is 0.481 e. The summed E-state index contributed by atoms with van der Waals surface area (Å²) in [5, 5.41) is 13.8. The lowest BCUT2D eigenvalue weighted by Crippen LogP contribution is -2.43. The van der Waals surface area contributed by atoms with Gasteiger partial charge in [-0.2, -0.15) is 0 Å². The van der Waals surface area contributed by atoms with Crippen LogP contribution in [0.5, 0.6) is 0 Å². The molecule has 2 heterocycles. The van der Waals surface area contributed by atoms with E-state index in [9.17, 15) is 9.59 Å². The minimum absolute atomic E-state index is 0.0815. The fraction of sp³-hybridized carbons (Fsp3) is 0.571. The third kappa shape index (κ3) is 4.23. The molecule has 2 amide bonds. The molecule has 0 bridgehead atoms. The Morgan fingerprint density at radius 2 is 2.40 bits per heavy atom. The van der Waals surface area contributed by atoms with Gasteiger partial charge in [-0.15, -0.1) is 11.3 Å². The molecule has 1 aliphatic heterocycles. The summed E-state index contributed by atoms with van der Waals surface area (Å²) < 4.78 is 0. The number of hydrogen-bond donors (Lipinski definition) is 2. The van der Waals surface area contributed by atoms with Crippen molar-refractivity contribution in [3.63, 3.8) is 0 Å². The van der Waals surface area contributed by atoms with E-state index >= 15 is 0 Å². The molecule has 0 saturated carbocycles. The molecule has 2 rings (SSSR count). The van der Waals surface area contributed by atoms with Crippen LogP contribution in [0.3, 0.4) is 0 Å². The highest BCUT2D eigenvalue weighted by molar-refractivity contribution is 7.09. The van der Waals surface area contributed by atoms with Gasteiger partial charge in [0.05, 0.1) is 0 Å². The number of carboxylic acids is 1. The summed E-state index contributed by atoms with van der Waals surface area (Å²) in [6.45, 7) is 3.18. The number of hydrogen-bond acceptors (Lipinski definition) is 3. The van der Waals surface area contributed by atoms with E-state index in [4.69, 9.17) is 5.11 Å². The van der Waals surface area contributed by atoms with E-state index < -0.39 is 5.97 Å². The molecule has 110 valence electrons. The van der Waals surface area contributed by atoms with Gasteiger partial charge >= 0.3 is 12.0 Å². The van der Waals surface area contributed by atoms with Gasteiger partial charge in [-0.3, -0.25) is 4.79 Å². The van der Waals surface area contributed by atoms with Gasteiger partial charge in [0.2, 0.25) is 0 Å². The van der Waals surface area contributed by atoms with E-state index in [1.165, 1.54) is 4.88 Å². The monoisotopic (exact) mass is 296 g/mol. The normalized spacial score (nSPS) is 19.9. The average molecular weight is 296 g/mol. The van der Waals surface area contributed by atoms with Crippen LogP contribution in [-0.2, 0) is 11.2 Å². The molecule has 2 unspecified atom stereocenters. The molecule has 0 aliphatic carbocycles. The van der Waals surface area contributed by atoms with Crippen LogP contribution in [0, 0.1) is 5.92 Å². The Labute approximate surface area is 122 Å². The molecule has 20 heavy (non-hydrogen) atoms. The zero-order chi connectivity index (χ0) is 14.5. The van der Waals surface area contributed by atoms with E-state index in [0.29, 0.717) is 13.1 Å². The molecule has 1 aromatic heterocycles. The Morgan fingerprint density at radius 3 is 3.05 bits per heavy atom. The smallest absolute Gasteiger partial charge is 0.317 e. The van der Waals surface area contributed by atoms with Gasteiger partial charge in [-0.05, 0) is 30.7 Å². The number of urea groups is 1. The maximum absolute atomic E-state index is 12.1. The lowest BCUT2D eigenvalue weighted by molar-refractivity contribution is -0.138. The number of nitrogens with zero attached hydrogens (tertiary/aromatic N) is 1. The topological polar surface area (TPSA) is 69.6 Å². The Hall–Kier alpha value is -1.56. The van der Waals surface area contributed by atoms with Crippen molar-refractivity contribution < 1.29 is 14.7 Å². The van der Waals surface area contributed by atoms with Crippen LogP contribution in [-0.4, -0.2) is 41.1 Å². The van der Waals surface area contributed by atoms with E-state index in [-0.39, 0.29) is 24.4 Å². The number of carbonyl (C=O) groups excluding carboxylic acids is 1. The van der Waals surface area contributed by atoms with E-state index in [1.54, 1.807) is 16.2 Å². The van der Waals surface area contributed by atoms with Crippen molar-refractivity contribution in [2.45, 2.75) is 32.2 Å². The summed E-state index contributed by atoms with van der Waals surface area (Å²) in [6.07, 6.45) is 1.75. The highest BCUT2D eigenvalue weighted by Gasteiger charge is 2.28. The first-order chi connectivity index (χ1) is 9.54. The van der Waals surface area contributed by atoms with Crippen LogP contribution in [0.1, 0.15) is 24.6 Å². The number of likely N-dealkylation sites (tertiary alicyclic amines) is 1. The van der Waals surface area contributed by atoms with Gasteiger partial charge in [-0.25, -0.2) is 4.79 Å². The predicted octanol–water partition coefficient (Wildman–Crippen LogP) is 2.19. The fourth-order valence-corrected chi connectivity index (χ4v) is 3.35. The molecule has 5 nitrogen and oxygen atoms in total. The third-order valence-corrected chi connectivity index (χ3v) is 4.39. The minimum atomic E-state index is -0.789. The van der Waals surface area contributed by atoms with Crippen LogP contribution >= 0.6 is 11.3 Å². The second-order valence-electron chi connectivity index (χ2n) is 5.33. The van der Waals surface area contributed by atoms with Crippen LogP contribution in [0.2, 0.25) is 0 Å². The summed E-state index contributed by atoms with van der Waals surface area (Å²) in [4.78, 5) is 25.7. The zero-order valence-corrected chi connectivity index (χ0v) is 12.4. The molecule has 1 fully saturated rings. The van der Waals surface area contributed by atoms with E-state index in [2.05, 4.69) is 11.4 Å². The maximum atomic E-state index is 12.1.